The molecule has 0 aromatic heterocycles. The summed E-state index contributed by atoms with van der Waals surface area (Å²) < 4.78 is 0. The fourth-order valence-electron chi connectivity index (χ4n) is 4.78. The van der Waals surface area contributed by atoms with Crippen LogP contribution in [-0.4, -0.2) is 33.0 Å². The van der Waals surface area contributed by atoms with Crippen molar-refractivity contribution in [1.82, 2.24) is 0 Å². The minimum atomic E-state index is -0.719. The van der Waals surface area contributed by atoms with Crippen LogP contribution in [0.2, 0.25) is 0 Å². The van der Waals surface area contributed by atoms with E-state index in [0.717, 1.165) is 64.2 Å². The number of carboxylic acids is 1. The maximum absolute atomic E-state index is 11.3. The number of hydrogen-bond acceptors (Lipinski definition) is 3. The van der Waals surface area contributed by atoms with Gasteiger partial charge in [-0.05, 0) is 50.4 Å². The lowest BCUT2D eigenvalue weighted by atomic mass is 9.73. The summed E-state index contributed by atoms with van der Waals surface area (Å²) in [6.45, 7) is 4.30. The molecule has 2 unspecified atom stereocenters. The minimum Gasteiger partial charge on any atom is -0.481 e. The van der Waals surface area contributed by atoms with Crippen LogP contribution in [0.15, 0.2) is 0 Å². The summed E-state index contributed by atoms with van der Waals surface area (Å²) in [5.41, 5.74) is -0.627. The molecule has 3 N–H and O–H groups in total. The van der Waals surface area contributed by atoms with Crippen LogP contribution in [0.4, 0.5) is 0 Å². The predicted molar refractivity (Wildman–Crippen MR) is 106 cm³/mol. The summed E-state index contributed by atoms with van der Waals surface area (Å²) in [4.78, 5) is 10.6. The van der Waals surface area contributed by atoms with Crippen molar-refractivity contribution in [3.63, 3.8) is 0 Å². The maximum Gasteiger partial charge on any atom is 0.303 e. The highest BCUT2D eigenvalue weighted by Gasteiger charge is 2.45. The summed E-state index contributed by atoms with van der Waals surface area (Å²) in [7, 11) is 0. The highest BCUT2D eigenvalue weighted by atomic mass is 16.4. The number of rotatable bonds is 15. The molecule has 4 heteroatoms. The number of aliphatic hydroxyl groups is 2. The first-order valence-corrected chi connectivity index (χ1v) is 11.1. The first-order chi connectivity index (χ1) is 12.4. The van der Waals surface area contributed by atoms with E-state index in [4.69, 9.17) is 5.11 Å². The normalized spacial score (nSPS) is 25.3. The molecule has 0 aromatic carbocycles. The second-order valence-corrected chi connectivity index (χ2v) is 8.38. The fraction of sp³-hybridized carbons (Fsp3) is 0.955. The molecule has 1 aliphatic rings. The third-order valence-electron chi connectivity index (χ3n) is 6.48. The lowest BCUT2D eigenvalue weighted by molar-refractivity contribution is -0.137. The zero-order valence-electron chi connectivity index (χ0n) is 17.1. The molecular weight excluding hydrogens is 328 g/mol. The number of carboxylic acid groups (broad SMARTS) is 1. The maximum atomic E-state index is 11.3. The van der Waals surface area contributed by atoms with Crippen molar-refractivity contribution >= 4 is 5.97 Å². The molecule has 26 heavy (non-hydrogen) atoms. The third kappa shape index (κ3) is 7.96. The minimum absolute atomic E-state index is 0.204. The topological polar surface area (TPSA) is 77.8 Å². The molecule has 0 amide bonds. The Balaban J connectivity index is 2.43. The molecule has 0 aromatic rings. The summed E-state index contributed by atoms with van der Waals surface area (Å²) in [6.07, 6.45) is 14.1. The van der Waals surface area contributed by atoms with Crippen LogP contribution in [0.3, 0.4) is 0 Å². The smallest absolute Gasteiger partial charge is 0.303 e. The van der Waals surface area contributed by atoms with Crippen molar-refractivity contribution in [3.8, 4) is 0 Å². The molecule has 0 radical (unpaired) electrons. The van der Waals surface area contributed by atoms with Crippen LogP contribution in [0, 0.1) is 11.8 Å². The fourth-order valence-corrected chi connectivity index (χ4v) is 4.78. The zero-order valence-corrected chi connectivity index (χ0v) is 17.1. The van der Waals surface area contributed by atoms with Gasteiger partial charge in [0.15, 0.2) is 0 Å². The average molecular weight is 371 g/mol. The number of carbonyl (C=O) groups is 1. The van der Waals surface area contributed by atoms with Gasteiger partial charge in [-0.2, -0.15) is 0 Å². The van der Waals surface area contributed by atoms with Gasteiger partial charge in [0, 0.05) is 6.42 Å². The molecule has 1 fully saturated rings. The number of aliphatic hydroxyl groups excluding tert-OH is 1. The van der Waals surface area contributed by atoms with Gasteiger partial charge in [-0.1, -0.05) is 65.2 Å². The van der Waals surface area contributed by atoms with Crippen LogP contribution < -0.4 is 0 Å². The molecule has 4 nitrogen and oxygen atoms in total. The Bertz CT molecular complexity index is 384. The van der Waals surface area contributed by atoms with Gasteiger partial charge < -0.3 is 15.3 Å². The van der Waals surface area contributed by atoms with E-state index in [-0.39, 0.29) is 24.4 Å². The molecule has 0 spiro atoms. The Morgan fingerprint density at radius 3 is 2.27 bits per heavy atom. The summed E-state index contributed by atoms with van der Waals surface area (Å²) in [5, 5.41) is 30.4. The van der Waals surface area contributed by atoms with Gasteiger partial charge in [0.25, 0.3) is 0 Å². The quantitative estimate of drug-likeness (QED) is 0.342. The van der Waals surface area contributed by atoms with Gasteiger partial charge in [-0.3, -0.25) is 4.79 Å². The van der Waals surface area contributed by atoms with Crippen molar-refractivity contribution in [2.24, 2.45) is 11.8 Å². The van der Waals surface area contributed by atoms with Crippen molar-refractivity contribution in [2.45, 2.75) is 122 Å². The average Bonchev–Trinajstić information content (AvgIpc) is 2.98. The van der Waals surface area contributed by atoms with Crippen LogP contribution in [0.5, 0.6) is 0 Å². The molecule has 0 bridgehead atoms. The second-order valence-electron chi connectivity index (χ2n) is 8.38. The van der Waals surface area contributed by atoms with Crippen LogP contribution in [0.1, 0.15) is 110 Å². The largest absolute Gasteiger partial charge is 0.481 e. The number of unbranched alkanes of at least 4 members (excludes halogenated alkanes) is 7. The van der Waals surface area contributed by atoms with E-state index in [1.54, 1.807) is 0 Å². The summed E-state index contributed by atoms with van der Waals surface area (Å²) in [6, 6.07) is 0. The van der Waals surface area contributed by atoms with Crippen LogP contribution >= 0.6 is 0 Å². The molecule has 0 heterocycles. The van der Waals surface area contributed by atoms with Gasteiger partial charge in [0.2, 0.25) is 0 Å². The van der Waals surface area contributed by atoms with Gasteiger partial charge >= 0.3 is 5.97 Å². The number of hydrogen-bond donors (Lipinski definition) is 3. The molecular formula is C22H42O4. The van der Waals surface area contributed by atoms with Gasteiger partial charge in [-0.15, -0.1) is 0 Å². The van der Waals surface area contributed by atoms with E-state index >= 15 is 0 Å². The van der Waals surface area contributed by atoms with Gasteiger partial charge in [0.05, 0.1) is 11.7 Å². The van der Waals surface area contributed by atoms with Crippen LogP contribution in [-0.2, 0) is 4.79 Å². The highest BCUT2D eigenvalue weighted by molar-refractivity contribution is 5.66. The molecule has 0 aliphatic heterocycles. The first kappa shape index (κ1) is 23.4. The zero-order chi connectivity index (χ0) is 19.4. The molecule has 1 aliphatic carbocycles. The number of aliphatic carboxylic acids is 1. The Morgan fingerprint density at radius 1 is 0.962 bits per heavy atom. The molecule has 4 atom stereocenters. The Morgan fingerprint density at radius 2 is 1.62 bits per heavy atom. The first-order valence-electron chi connectivity index (χ1n) is 11.1. The van der Waals surface area contributed by atoms with E-state index in [1.165, 1.54) is 25.7 Å². The monoisotopic (exact) mass is 370 g/mol. The van der Waals surface area contributed by atoms with E-state index in [1.807, 2.05) is 0 Å². The van der Waals surface area contributed by atoms with Crippen molar-refractivity contribution < 1.29 is 20.1 Å². The Labute approximate surface area is 160 Å². The highest BCUT2D eigenvalue weighted by Crippen LogP contribution is 2.45. The molecule has 0 saturated heterocycles. The summed E-state index contributed by atoms with van der Waals surface area (Å²) >= 11 is 0. The lowest BCUT2D eigenvalue weighted by Gasteiger charge is -2.38. The SMILES string of the molecule is CCCCCCCC(O)(CC)[C@@H]1CCC(O)[C@H]1CCCCCCC(=O)O. The van der Waals surface area contributed by atoms with Crippen molar-refractivity contribution in [2.75, 3.05) is 0 Å². The van der Waals surface area contributed by atoms with Crippen molar-refractivity contribution in [1.29, 1.82) is 0 Å². The van der Waals surface area contributed by atoms with Crippen molar-refractivity contribution in [3.05, 3.63) is 0 Å². The lowest BCUT2D eigenvalue weighted by Crippen LogP contribution is -2.41. The van der Waals surface area contributed by atoms with E-state index < -0.39 is 11.6 Å². The summed E-state index contributed by atoms with van der Waals surface area (Å²) in [5.74, 6) is -0.300. The molecule has 1 saturated carbocycles. The van der Waals surface area contributed by atoms with Gasteiger partial charge in [-0.25, -0.2) is 0 Å². The van der Waals surface area contributed by atoms with Gasteiger partial charge in [0.1, 0.15) is 0 Å². The van der Waals surface area contributed by atoms with E-state index in [9.17, 15) is 15.0 Å². The standard InChI is InChI=1S/C22H42O4/c1-3-5-6-9-12-17-22(26,4-2)19-15-16-20(23)18(19)13-10-7-8-11-14-21(24)25/h18-20,23,26H,3-17H2,1-2H3,(H,24,25)/t18-,19+,20?,22?/m0/s1. The predicted octanol–water partition coefficient (Wildman–Crippen LogP) is 5.30. The molecule has 154 valence electrons. The Hall–Kier alpha value is -0.610. The third-order valence-corrected chi connectivity index (χ3v) is 6.48. The Kier molecular flexibility index (Phi) is 11.5. The second kappa shape index (κ2) is 12.7. The molecule has 1 rings (SSSR count). The van der Waals surface area contributed by atoms with E-state index in [0.29, 0.717) is 0 Å². The van der Waals surface area contributed by atoms with Crippen LogP contribution in [0.25, 0.3) is 0 Å². The van der Waals surface area contributed by atoms with E-state index in [2.05, 4.69) is 13.8 Å².